The molecular weight excluding hydrogens is 498 g/mol. The standard InChI is InChI=1S/C32H23N7O/c1-19-10-11-23(26-9-5-6-12-34-26)24-14-28(37-30(19)24)31-25-15-27(35-18-29(25)38-39-31)21-13-22(17-33-16-21)36-32(40)20-7-3-2-4-8-20/h2-18,37H,1H3,(H,36,40)(H,38,39). The van der Waals surface area contributed by atoms with E-state index in [2.05, 4.69) is 60.6 Å². The molecule has 0 saturated carbocycles. The van der Waals surface area contributed by atoms with Crippen molar-refractivity contribution in [1.82, 2.24) is 30.1 Å². The molecule has 8 nitrogen and oxygen atoms in total. The van der Waals surface area contributed by atoms with Crippen LogP contribution in [0.4, 0.5) is 5.69 Å². The predicted octanol–water partition coefficient (Wildman–Crippen LogP) is 6.79. The number of hydrogen-bond acceptors (Lipinski definition) is 5. The van der Waals surface area contributed by atoms with Crippen molar-refractivity contribution in [2.45, 2.75) is 6.92 Å². The Balaban J connectivity index is 1.27. The first-order valence-electron chi connectivity index (χ1n) is 12.8. The van der Waals surface area contributed by atoms with Crippen molar-refractivity contribution in [3.8, 4) is 33.9 Å². The minimum atomic E-state index is -0.195. The van der Waals surface area contributed by atoms with Crippen molar-refractivity contribution in [2.75, 3.05) is 5.32 Å². The molecule has 7 aromatic rings. The lowest BCUT2D eigenvalue weighted by atomic mass is 10.0. The number of amides is 1. The molecule has 0 aliphatic heterocycles. The molecule has 0 bridgehead atoms. The van der Waals surface area contributed by atoms with Crippen molar-refractivity contribution in [3.63, 3.8) is 0 Å². The SMILES string of the molecule is Cc1ccc(-c2ccccn2)c2cc(-c3n[nH]c4cnc(-c5cncc(NC(=O)c6ccccc6)c5)cc34)[nH]c12. The van der Waals surface area contributed by atoms with E-state index in [0.29, 0.717) is 11.3 Å². The monoisotopic (exact) mass is 521 g/mol. The Morgan fingerprint density at radius 3 is 2.55 bits per heavy atom. The molecule has 0 aliphatic carbocycles. The second-order valence-corrected chi connectivity index (χ2v) is 9.59. The van der Waals surface area contributed by atoms with E-state index in [0.717, 1.165) is 61.3 Å². The zero-order valence-corrected chi connectivity index (χ0v) is 21.5. The number of aromatic amines is 2. The maximum atomic E-state index is 12.6. The number of H-pyrrole nitrogens is 2. The topological polar surface area (TPSA) is 112 Å². The summed E-state index contributed by atoms with van der Waals surface area (Å²) in [5, 5.41) is 12.7. The number of anilines is 1. The van der Waals surface area contributed by atoms with E-state index >= 15 is 0 Å². The summed E-state index contributed by atoms with van der Waals surface area (Å²) in [4.78, 5) is 29.8. The number of rotatable bonds is 5. The molecule has 3 N–H and O–H groups in total. The quantitative estimate of drug-likeness (QED) is 0.231. The fraction of sp³-hybridized carbons (Fsp3) is 0.0312. The predicted molar refractivity (Wildman–Crippen MR) is 157 cm³/mol. The molecule has 0 spiro atoms. The van der Waals surface area contributed by atoms with Gasteiger partial charge in [0, 0.05) is 45.4 Å². The summed E-state index contributed by atoms with van der Waals surface area (Å²) < 4.78 is 0. The van der Waals surface area contributed by atoms with E-state index in [1.807, 2.05) is 48.5 Å². The maximum absolute atomic E-state index is 12.6. The summed E-state index contributed by atoms with van der Waals surface area (Å²) in [6.07, 6.45) is 6.93. The Morgan fingerprint density at radius 1 is 0.825 bits per heavy atom. The van der Waals surface area contributed by atoms with Gasteiger partial charge in [0.2, 0.25) is 0 Å². The molecule has 7 rings (SSSR count). The Kier molecular flexibility index (Phi) is 5.63. The molecule has 0 radical (unpaired) electrons. The first kappa shape index (κ1) is 23.5. The number of aryl methyl sites for hydroxylation is 1. The van der Waals surface area contributed by atoms with Gasteiger partial charge < -0.3 is 10.3 Å². The average Bonchev–Trinajstić information content (AvgIpc) is 3.63. The lowest BCUT2D eigenvalue weighted by Gasteiger charge is -2.07. The van der Waals surface area contributed by atoms with Crippen molar-refractivity contribution in [3.05, 3.63) is 115 Å². The van der Waals surface area contributed by atoms with Crippen LogP contribution in [0.25, 0.3) is 55.7 Å². The molecule has 2 aromatic carbocycles. The summed E-state index contributed by atoms with van der Waals surface area (Å²) in [6, 6.07) is 25.2. The molecule has 40 heavy (non-hydrogen) atoms. The fourth-order valence-corrected chi connectivity index (χ4v) is 4.95. The molecule has 0 fully saturated rings. The number of carbonyl (C=O) groups is 1. The zero-order chi connectivity index (χ0) is 27.1. The van der Waals surface area contributed by atoms with Crippen LogP contribution in [-0.2, 0) is 0 Å². The van der Waals surface area contributed by atoms with Gasteiger partial charge >= 0.3 is 0 Å². The number of pyridine rings is 3. The number of hydrogen-bond donors (Lipinski definition) is 3. The normalized spacial score (nSPS) is 11.2. The van der Waals surface area contributed by atoms with E-state index < -0.39 is 0 Å². The Labute approximate surface area is 229 Å². The molecule has 0 unspecified atom stereocenters. The van der Waals surface area contributed by atoms with Crippen LogP contribution in [0.15, 0.2) is 104 Å². The summed E-state index contributed by atoms with van der Waals surface area (Å²) in [6.45, 7) is 2.09. The van der Waals surface area contributed by atoms with Gasteiger partial charge in [-0.1, -0.05) is 36.4 Å². The van der Waals surface area contributed by atoms with Crippen molar-refractivity contribution in [1.29, 1.82) is 0 Å². The van der Waals surface area contributed by atoms with Crippen LogP contribution in [0.3, 0.4) is 0 Å². The van der Waals surface area contributed by atoms with E-state index in [9.17, 15) is 4.79 Å². The van der Waals surface area contributed by atoms with Gasteiger partial charge in [0.25, 0.3) is 5.91 Å². The van der Waals surface area contributed by atoms with Crippen LogP contribution in [0, 0.1) is 6.92 Å². The van der Waals surface area contributed by atoms with Gasteiger partial charge in [0.05, 0.1) is 40.7 Å². The Bertz CT molecular complexity index is 2010. The summed E-state index contributed by atoms with van der Waals surface area (Å²) in [7, 11) is 0. The smallest absolute Gasteiger partial charge is 0.255 e. The molecule has 0 aliphatic rings. The highest BCUT2D eigenvalue weighted by Gasteiger charge is 2.16. The van der Waals surface area contributed by atoms with Crippen LogP contribution in [0.5, 0.6) is 0 Å². The van der Waals surface area contributed by atoms with Gasteiger partial charge in [-0.3, -0.25) is 24.8 Å². The number of fused-ring (bicyclic) bond motifs is 2. The zero-order valence-electron chi connectivity index (χ0n) is 21.5. The third-order valence-electron chi connectivity index (χ3n) is 6.97. The largest absolute Gasteiger partial charge is 0.353 e. The van der Waals surface area contributed by atoms with Crippen molar-refractivity contribution >= 4 is 33.4 Å². The highest BCUT2D eigenvalue weighted by atomic mass is 16.1. The Hall–Kier alpha value is -5.63. The van der Waals surface area contributed by atoms with Gasteiger partial charge in [0.1, 0.15) is 5.69 Å². The van der Waals surface area contributed by atoms with Gasteiger partial charge in [-0.15, -0.1) is 0 Å². The third kappa shape index (κ3) is 4.17. The second-order valence-electron chi connectivity index (χ2n) is 9.59. The fourth-order valence-electron chi connectivity index (χ4n) is 4.95. The molecular formula is C32H23N7O. The van der Waals surface area contributed by atoms with Gasteiger partial charge in [-0.05, 0) is 55.0 Å². The summed E-state index contributed by atoms with van der Waals surface area (Å²) in [5.74, 6) is -0.195. The van der Waals surface area contributed by atoms with Crippen LogP contribution in [0.1, 0.15) is 15.9 Å². The average molecular weight is 522 g/mol. The van der Waals surface area contributed by atoms with Gasteiger partial charge in [0.15, 0.2) is 0 Å². The van der Waals surface area contributed by atoms with Crippen LogP contribution in [0.2, 0.25) is 0 Å². The number of carbonyl (C=O) groups excluding carboxylic acids is 1. The third-order valence-corrected chi connectivity index (χ3v) is 6.97. The molecule has 192 valence electrons. The molecule has 1 amide bonds. The minimum absolute atomic E-state index is 0.195. The van der Waals surface area contributed by atoms with E-state index in [1.54, 1.807) is 36.9 Å². The highest BCUT2D eigenvalue weighted by Crippen LogP contribution is 2.35. The van der Waals surface area contributed by atoms with Crippen molar-refractivity contribution in [2.24, 2.45) is 0 Å². The highest BCUT2D eigenvalue weighted by molar-refractivity contribution is 6.05. The number of nitrogens with one attached hydrogen (secondary N) is 3. The van der Waals surface area contributed by atoms with E-state index in [4.69, 9.17) is 0 Å². The Morgan fingerprint density at radius 2 is 1.70 bits per heavy atom. The molecule has 5 heterocycles. The van der Waals surface area contributed by atoms with Gasteiger partial charge in [-0.25, -0.2) is 0 Å². The van der Waals surface area contributed by atoms with Crippen molar-refractivity contribution < 1.29 is 4.79 Å². The van der Waals surface area contributed by atoms with E-state index in [1.165, 1.54) is 0 Å². The second kappa shape index (κ2) is 9.59. The lowest BCUT2D eigenvalue weighted by Crippen LogP contribution is -2.11. The minimum Gasteiger partial charge on any atom is -0.353 e. The lowest BCUT2D eigenvalue weighted by molar-refractivity contribution is 0.102. The summed E-state index contributed by atoms with van der Waals surface area (Å²) in [5.41, 5.74) is 9.36. The van der Waals surface area contributed by atoms with Crippen LogP contribution < -0.4 is 5.32 Å². The van der Waals surface area contributed by atoms with Crippen LogP contribution in [-0.4, -0.2) is 36.0 Å². The first-order chi connectivity index (χ1) is 19.6. The number of benzene rings is 2. The number of aromatic nitrogens is 6. The summed E-state index contributed by atoms with van der Waals surface area (Å²) >= 11 is 0. The molecule has 0 saturated heterocycles. The number of nitrogens with zero attached hydrogens (tertiary/aromatic N) is 4. The van der Waals surface area contributed by atoms with E-state index in [-0.39, 0.29) is 5.91 Å². The van der Waals surface area contributed by atoms with Crippen LogP contribution >= 0.6 is 0 Å². The first-order valence-corrected chi connectivity index (χ1v) is 12.8. The molecule has 5 aromatic heterocycles. The molecule has 0 atom stereocenters. The maximum Gasteiger partial charge on any atom is 0.255 e. The van der Waals surface area contributed by atoms with Gasteiger partial charge in [-0.2, -0.15) is 5.10 Å². The molecule has 8 heteroatoms.